The number of likely N-dealkylation sites (tertiary alicyclic amines) is 1. The number of hydrogen-bond acceptors (Lipinski definition) is 2. The van der Waals surface area contributed by atoms with Gasteiger partial charge in [-0.2, -0.15) is 13.2 Å². The van der Waals surface area contributed by atoms with Gasteiger partial charge in [0, 0.05) is 19.0 Å². The summed E-state index contributed by atoms with van der Waals surface area (Å²) < 4.78 is 37.9. The van der Waals surface area contributed by atoms with Gasteiger partial charge in [-0.15, -0.1) is 0 Å². The highest BCUT2D eigenvalue weighted by atomic mass is 19.4. The topological polar surface area (TPSA) is 49.4 Å². The molecule has 4 nitrogen and oxygen atoms in total. The fourth-order valence-electron chi connectivity index (χ4n) is 3.85. The number of amides is 2. The average molecular weight is 368 g/mol. The predicted octanol–water partition coefficient (Wildman–Crippen LogP) is 3.67. The Labute approximate surface area is 150 Å². The number of carbonyl (C=O) groups is 2. The fourth-order valence-corrected chi connectivity index (χ4v) is 3.85. The SMILES string of the molecule is CC(NC(=O)C1CC(=O)N(C2CCCC2)C1)c1ccc(C(F)(F)F)cc1. The van der Waals surface area contributed by atoms with Crippen LogP contribution in [0.5, 0.6) is 0 Å². The summed E-state index contributed by atoms with van der Waals surface area (Å²) in [5.74, 6) is -0.578. The van der Waals surface area contributed by atoms with Crippen LogP contribution in [0.15, 0.2) is 24.3 Å². The third-order valence-electron chi connectivity index (χ3n) is 5.39. The van der Waals surface area contributed by atoms with E-state index in [1.54, 1.807) is 6.92 Å². The van der Waals surface area contributed by atoms with Crippen molar-refractivity contribution in [2.45, 2.75) is 57.3 Å². The van der Waals surface area contributed by atoms with E-state index in [2.05, 4.69) is 5.32 Å². The van der Waals surface area contributed by atoms with Gasteiger partial charge in [0.1, 0.15) is 0 Å². The van der Waals surface area contributed by atoms with Crippen LogP contribution in [0.4, 0.5) is 13.2 Å². The van der Waals surface area contributed by atoms with E-state index in [1.165, 1.54) is 12.1 Å². The van der Waals surface area contributed by atoms with Gasteiger partial charge in [0.05, 0.1) is 17.5 Å². The quantitative estimate of drug-likeness (QED) is 0.882. The van der Waals surface area contributed by atoms with Crippen LogP contribution in [0.3, 0.4) is 0 Å². The standard InChI is InChI=1S/C19H23F3N2O2/c1-12(13-6-8-15(9-7-13)19(20,21)22)23-18(26)14-10-17(25)24(11-14)16-4-2-3-5-16/h6-9,12,14,16H,2-5,10-11H2,1H3,(H,23,26). The molecule has 1 N–H and O–H groups in total. The highest BCUT2D eigenvalue weighted by Gasteiger charge is 2.39. The number of benzene rings is 1. The van der Waals surface area contributed by atoms with E-state index >= 15 is 0 Å². The zero-order valence-corrected chi connectivity index (χ0v) is 14.7. The Hall–Kier alpha value is -2.05. The van der Waals surface area contributed by atoms with Crippen molar-refractivity contribution in [2.24, 2.45) is 5.92 Å². The summed E-state index contributed by atoms with van der Waals surface area (Å²) in [6, 6.07) is 4.61. The maximum Gasteiger partial charge on any atom is 0.416 e. The largest absolute Gasteiger partial charge is 0.416 e. The lowest BCUT2D eigenvalue weighted by Gasteiger charge is -2.24. The lowest BCUT2D eigenvalue weighted by molar-refractivity contribution is -0.137. The number of nitrogens with zero attached hydrogens (tertiary/aromatic N) is 1. The van der Waals surface area contributed by atoms with Crippen molar-refractivity contribution < 1.29 is 22.8 Å². The van der Waals surface area contributed by atoms with Crippen LogP contribution >= 0.6 is 0 Å². The molecule has 1 aromatic rings. The van der Waals surface area contributed by atoms with E-state index in [4.69, 9.17) is 0 Å². The molecule has 1 saturated heterocycles. The van der Waals surface area contributed by atoms with Gasteiger partial charge in [0.2, 0.25) is 11.8 Å². The van der Waals surface area contributed by atoms with Gasteiger partial charge < -0.3 is 10.2 Å². The van der Waals surface area contributed by atoms with Gasteiger partial charge in [0.15, 0.2) is 0 Å². The van der Waals surface area contributed by atoms with Crippen molar-refractivity contribution in [1.29, 1.82) is 0 Å². The molecular weight excluding hydrogens is 345 g/mol. The molecule has 0 bridgehead atoms. The van der Waals surface area contributed by atoms with Crippen LogP contribution in [0.2, 0.25) is 0 Å². The predicted molar refractivity (Wildman–Crippen MR) is 90.1 cm³/mol. The second kappa shape index (κ2) is 7.29. The summed E-state index contributed by atoms with van der Waals surface area (Å²) in [5.41, 5.74) is -0.114. The minimum absolute atomic E-state index is 0.0271. The normalized spacial score (nSPS) is 22.7. The molecule has 1 aliphatic carbocycles. The summed E-state index contributed by atoms with van der Waals surface area (Å²) in [7, 11) is 0. The Morgan fingerprint density at radius 3 is 2.38 bits per heavy atom. The number of halogens is 3. The van der Waals surface area contributed by atoms with Gasteiger partial charge >= 0.3 is 6.18 Å². The first-order chi connectivity index (χ1) is 12.3. The molecule has 0 spiro atoms. The Kier molecular flexibility index (Phi) is 5.25. The van der Waals surface area contributed by atoms with Crippen molar-refractivity contribution in [2.75, 3.05) is 6.54 Å². The molecule has 0 radical (unpaired) electrons. The third kappa shape index (κ3) is 4.02. The number of alkyl halides is 3. The summed E-state index contributed by atoms with van der Waals surface area (Å²) in [4.78, 5) is 26.5. The van der Waals surface area contributed by atoms with Crippen molar-refractivity contribution >= 4 is 11.8 Å². The Balaban J connectivity index is 1.58. The number of rotatable bonds is 4. The Morgan fingerprint density at radius 2 is 1.81 bits per heavy atom. The van der Waals surface area contributed by atoms with Crippen molar-refractivity contribution in [3.63, 3.8) is 0 Å². The first kappa shape index (κ1) is 18.7. The zero-order valence-electron chi connectivity index (χ0n) is 14.7. The highest BCUT2D eigenvalue weighted by Crippen LogP contribution is 2.31. The maximum absolute atomic E-state index is 12.6. The van der Waals surface area contributed by atoms with E-state index in [1.807, 2.05) is 4.90 Å². The monoisotopic (exact) mass is 368 g/mol. The van der Waals surface area contributed by atoms with E-state index in [-0.39, 0.29) is 30.2 Å². The van der Waals surface area contributed by atoms with Gasteiger partial charge in [0.25, 0.3) is 0 Å². The smallest absolute Gasteiger partial charge is 0.349 e. The zero-order chi connectivity index (χ0) is 18.9. The van der Waals surface area contributed by atoms with Crippen molar-refractivity contribution in [1.82, 2.24) is 10.2 Å². The Morgan fingerprint density at radius 1 is 1.19 bits per heavy atom. The third-order valence-corrected chi connectivity index (χ3v) is 5.39. The Bertz CT molecular complexity index is 666. The van der Waals surface area contributed by atoms with Gasteiger partial charge in [-0.25, -0.2) is 0 Å². The molecule has 2 aliphatic rings. The van der Waals surface area contributed by atoms with Crippen LogP contribution in [-0.4, -0.2) is 29.3 Å². The first-order valence-corrected chi connectivity index (χ1v) is 9.02. The van der Waals surface area contributed by atoms with E-state index in [9.17, 15) is 22.8 Å². The molecule has 26 heavy (non-hydrogen) atoms. The second-order valence-electron chi connectivity index (χ2n) is 7.24. The van der Waals surface area contributed by atoms with Gasteiger partial charge in [-0.1, -0.05) is 25.0 Å². The molecule has 7 heteroatoms. The molecule has 2 unspecified atom stereocenters. The molecule has 1 heterocycles. The number of carbonyl (C=O) groups excluding carboxylic acids is 2. The lowest BCUT2D eigenvalue weighted by Crippen LogP contribution is -2.37. The van der Waals surface area contributed by atoms with E-state index in [0.717, 1.165) is 37.8 Å². The van der Waals surface area contributed by atoms with Crippen molar-refractivity contribution in [3.8, 4) is 0 Å². The van der Waals surface area contributed by atoms with Gasteiger partial charge in [-0.05, 0) is 37.5 Å². The highest BCUT2D eigenvalue weighted by molar-refractivity contribution is 5.89. The molecule has 142 valence electrons. The maximum atomic E-state index is 12.6. The lowest BCUT2D eigenvalue weighted by atomic mass is 10.0. The molecule has 1 saturated carbocycles. The first-order valence-electron chi connectivity index (χ1n) is 9.02. The fraction of sp³-hybridized carbons (Fsp3) is 0.579. The van der Waals surface area contributed by atoms with Crippen LogP contribution in [0.25, 0.3) is 0 Å². The van der Waals surface area contributed by atoms with E-state index in [0.29, 0.717) is 12.1 Å². The van der Waals surface area contributed by atoms with Crippen LogP contribution < -0.4 is 5.32 Å². The summed E-state index contributed by atoms with van der Waals surface area (Å²) in [5, 5.41) is 2.83. The summed E-state index contributed by atoms with van der Waals surface area (Å²) in [6.45, 7) is 2.17. The van der Waals surface area contributed by atoms with Crippen LogP contribution in [0, 0.1) is 5.92 Å². The number of nitrogens with one attached hydrogen (secondary N) is 1. The molecular formula is C19H23F3N2O2. The summed E-state index contributed by atoms with van der Waals surface area (Å²) in [6.07, 6.45) is 0.0809. The molecule has 1 aromatic carbocycles. The molecule has 3 rings (SSSR count). The molecule has 2 amide bonds. The van der Waals surface area contributed by atoms with E-state index < -0.39 is 17.8 Å². The number of hydrogen-bond donors (Lipinski definition) is 1. The van der Waals surface area contributed by atoms with Crippen LogP contribution in [-0.2, 0) is 15.8 Å². The molecule has 2 atom stereocenters. The minimum atomic E-state index is -4.38. The molecule has 0 aromatic heterocycles. The van der Waals surface area contributed by atoms with Crippen LogP contribution in [0.1, 0.15) is 56.2 Å². The van der Waals surface area contributed by atoms with Gasteiger partial charge in [-0.3, -0.25) is 9.59 Å². The summed E-state index contributed by atoms with van der Waals surface area (Å²) >= 11 is 0. The molecule has 1 aliphatic heterocycles. The van der Waals surface area contributed by atoms with Crippen molar-refractivity contribution in [3.05, 3.63) is 35.4 Å². The average Bonchev–Trinajstić information content (AvgIpc) is 3.23. The minimum Gasteiger partial charge on any atom is -0.349 e. The second-order valence-corrected chi connectivity index (χ2v) is 7.24. The molecule has 2 fully saturated rings.